The minimum absolute atomic E-state index is 0.125. The molecule has 0 spiro atoms. The van der Waals surface area contributed by atoms with Gasteiger partial charge in [0.05, 0.1) is 16.5 Å². The monoisotopic (exact) mass is 345 g/mol. The van der Waals surface area contributed by atoms with Crippen molar-refractivity contribution in [1.82, 2.24) is 15.6 Å². The minimum Gasteiger partial charge on any atom is -0.373 e. The number of pyridine rings is 1. The Labute approximate surface area is 144 Å². The molecule has 2 aromatic rings. The highest BCUT2D eigenvalue weighted by molar-refractivity contribution is 7.14. The normalized spacial score (nSPS) is 16.8. The summed E-state index contributed by atoms with van der Waals surface area (Å²) in [6, 6.07) is 7.18. The van der Waals surface area contributed by atoms with Gasteiger partial charge in [-0.25, -0.2) is 0 Å². The lowest BCUT2D eigenvalue weighted by molar-refractivity contribution is 0.0929. The Bertz CT molecular complexity index is 696. The number of nitrogens with zero attached hydrogens (tertiary/aromatic N) is 1. The summed E-state index contributed by atoms with van der Waals surface area (Å²) in [5, 5.41) is 5.56. The molecule has 7 heteroatoms. The fourth-order valence-electron chi connectivity index (χ4n) is 2.49. The van der Waals surface area contributed by atoms with Crippen molar-refractivity contribution in [3.63, 3.8) is 0 Å². The van der Waals surface area contributed by atoms with Crippen LogP contribution in [-0.4, -0.2) is 36.5 Å². The van der Waals surface area contributed by atoms with Crippen LogP contribution in [0.25, 0.3) is 0 Å². The Kier molecular flexibility index (Phi) is 5.55. The van der Waals surface area contributed by atoms with Crippen molar-refractivity contribution in [1.29, 1.82) is 0 Å². The van der Waals surface area contributed by atoms with Gasteiger partial charge < -0.3 is 15.4 Å². The molecule has 0 aliphatic carbocycles. The van der Waals surface area contributed by atoms with Crippen molar-refractivity contribution in [2.24, 2.45) is 0 Å². The second-order valence-corrected chi connectivity index (χ2v) is 6.57. The zero-order chi connectivity index (χ0) is 16.8. The van der Waals surface area contributed by atoms with E-state index in [1.807, 2.05) is 12.1 Å². The van der Waals surface area contributed by atoms with Crippen LogP contribution < -0.4 is 10.6 Å². The third-order valence-electron chi connectivity index (χ3n) is 3.72. The van der Waals surface area contributed by atoms with Gasteiger partial charge in [0.1, 0.15) is 0 Å². The molecule has 126 valence electrons. The standard InChI is InChI=1S/C17H19N3O3S/c21-16(12-3-1-7-18-11-12)19-8-9-20-17(22)15-6-5-14(24-15)13-4-2-10-23-13/h1,3,5-7,11,13H,2,4,8-10H2,(H,19,21)(H,20,22)/t13-/m0/s1. The van der Waals surface area contributed by atoms with E-state index in [1.165, 1.54) is 17.5 Å². The molecule has 1 saturated heterocycles. The van der Waals surface area contributed by atoms with Crippen LogP contribution in [0.4, 0.5) is 0 Å². The average Bonchev–Trinajstić information content (AvgIpc) is 3.30. The van der Waals surface area contributed by atoms with E-state index >= 15 is 0 Å². The van der Waals surface area contributed by atoms with Crippen LogP contribution >= 0.6 is 11.3 Å². The number of aromatic nitrogens is 1. The number of amides is 2. The average molecular weight is 345 g/mol. The number of carbonyl (C=O) groups excluding carboxylic acids is 2. The van der Waals surface area contributed by atoms with E-state index in [9.17, 15) is 9.59 Å². The van der Waals surface area contributed by atoms with E-state index in [0.29, 0.717) is 23.5 Å². The summed E-state index contributed by atoms with van der Waals surface area (Å²) in [6.45, 7) is 1.53. The summed E-state index contributed by atoms with van der Waals surface area (Å²) in [6.07, 6.45) is 5.34. The molecule has 1 aliphatic heterocycles. The summed E-state index contributed by atoms with van der Waals surface area (Å²) < 4.78 is 5.63. The maximum absolute atomic E-state index is 12.1. The molecule has 3 rings (SSSR count). The van der Waals surface area contributed by atoms with Gasteiger partial charge in [0.2, 0.25) is 0 Å². The predicted molar refractivity (Wildman–Crippen MR) is 91.1 cm³/mol. The zero-order valence-electron chi connectivity index (χ0n) is 13.2. The molecule has 1 aliphatic rings. The SMILES string of the molecule is O=C(NCCNC(=O)c1ccc([C@@H]2CCCO2)s1)c1cccnc1. The van der Waals surface area contributed by atoms with Gasteiger partial charge in [-0.15, -0.1) is 11.3 Å². The molecular formula is C17H19N3O3S. The highest BCUT2D eigenvalue weighted by Crippen LogP contribution is 2.33. The van der Waals surface area contributed by atoms with Gasteiger partial charge >= 0.3 is 0 Å². The minimum atomic E-state index is -0.200. The number of hydrogen-bond acceptors (Lipinski definition) is 5. The molecule has 1 fully saturated rings. The van der Waals surface area contributed by atoms with Crippen LogP contribution in [-0.2, 0) is 4.74 Å². The van der Waals surface area contributed by atoms with E-state index < -0.39 is 0 Å². The van der Waals surface area contributed by atoms with Crippen molar-refractivity contribution >= 4 is 23.2 Å². The van der Waals surface area contributed by atoms with Crippen molar-refractivity contribution in [2.45, 2.75) is 18.9 Å². The van der Waals surface area contributed by atoms with Gasteiger partial charge in [-0.2, -0.15) is 0 Å². The van der Waals surface area contributed by atoms with Gasteiger partial charge in [-0.3, -0.25) is 14.6 Å². The first-order valence-corrected chi connectivity index (χ1v) is 8.73. The van der Waals surface area contributed by atoms with Gasteiger partial charge in [0.15, 0.2) is 0 Å². The predicted octanol–water partition coefficient (Wildman–Crippen LogP) is 2.15. The molecule has 0 unspecified atom stereocenters. The fraction of sp³-hybridized carbons (Fsp3) is 0.353. The molecule has 6 nitrogen and oxygen atoms in total. The highest BCUT2D eigenvalue weighted by Gasteiger charge is 2.20. The summed E-state index contributed by atoms with van der Waals surface area (Å²) in [7, 11) is 0. The second-order valence-electron chi connectivity index (χ2n) is 5.46. The zero-order valence-corrected chi connectivity index (χ0v) is 14.0. The molecule has 2 N–H and O–H groups in total. The summed E-state index contributed by atoms with van der Waals surface area (Å²) in [5.74, 6) is -0.325. The van der Waals surface area contributed by atoms with Gasteiger partial charge in [0, 0.05) is 37.0 Å². The summed E-state index contributed by atoms with van der Waals surface area (Å²) in [5.41, 5.74) is 0.503. The first-order chi connectivity index (χ1) is 11.7. The lowest BCUT2D eigenvalue weighted by Crippen LogP contribution is -2.34. The Hall–Kier alpha value is -2.25. The molecule has 24 heavy (non-hydrogen) atoms. The van der Waals surface area contributed by atoms with Crippen molar-refractivity contribution in [2.75, 3.05) is 19.7 Å². The molecule has 2 aromatic heterocycles. The fourth-order valence-corrected chi connectivity index (χ4v) is 3.50. The van der Waals surface area contributed by atoms with E-state index in [4.69, 9.17) is 4.74 Å². The van der Waals surface area contributed by atoms with E-state index in [1.54, 1.807) is 18.3 Å². The Morgan fingerprint density at radius 3 is 2.75 bits per heavy atom. The number of hydrogen-bond donors (Lipinski definition) is 2. The van der Waals surface area contributed by atoms with Crippen LogP contribution in [0.5, 0.6) is 0 Å². The number of thiophene rings is 1. The van der Waals surface area contributed by atoms with Crippen molar-refractivity contribution in [3.05, 3.63) is 52.0 Å². The van der Waals surface area contributed by atoms with Crippen LogP contribution in [0.2, 0.25) is 0 Å². The first-order valence-electron chi connectivity index (χ1n) is 7.92. The smallest absolute Gasteiger partial charge is 0.261 e. The Morgan fingerprint density at radius 2 is 2.04 bits per heavy atom. The number of carbonyl (C=O) groups is 2. The largest absolute Gasteiger partial charge is 0.373 e. The van der Waals surface area contributed by atoms with Gasteiger partial charge in [0.25, 0.3) is 11.8 Å². The Morgan fingerprint density at radius 1 is 1.21 bits per heavy atom. The van der Waals surface area contributed by atoms with Gasteiger partial charge in [-0.05, 0) is 37.1 Å². The molecular weight excluding hydrogens is 326 g/mol. The first kappa shape index (κ1) is 16.6. The number of ether oxygens (including phenoxy) is 1. The maximum atomic E-state index is 12.1. The topological polar surface area (TPSA) is 80.3 Å². The quantitative estimate of drug-likeness (QED) is 0.786. The van der Waals surface area contributed by atoms with Crippen molar-refractivity contribution in [3.8, 4) is 0 Å². The van der Waals surface area contributed by atoms with E-state index in [0.717, 1.165) is 24.3 Å². The van der Waals surface area contributed by atoms with Crippen LogP contribution in [0.15, 0.2) is 36.7 Å². The van der Waals surface area contributed by atoms with Crippen LogP contribution in [0.3, 0.4) is 0 Å². The molecule has 0 saturated carbocycles. The van der Waals surface area contributed by atoms with E-state index in [2.05, 4.69) is 15.6 Å². The molecule has 0 radical (unpaired) electrons. The summed E-state index contributed by atoms with van der Waals surface area (Å²) in [4.78, 5) is 29.6. The molecule has 1 atom stereocenters. The van der Waals surface area contributed by atoms with Crippen LogP contribution in [0, 0.1) is 0 Å². The second kappa shape index (κ2) is 8.03. The third-order valence-corrected chi connectivity index (χ3v) is 4.89. The molecule has 3 heterocycles. The van der Waals surface area contributed by atoms with Gasteiger partial charge in [-0.1, -0.05) is 0 Å². The number of nitrogens with one attached hydrogen (secondary N) is 2. The maximum Gasteiger partial charge on any atom is 0.261 e. The highest BCUT2D eigenvalue weighted by atomic mass is 32.1. The van der Waals surface area contributed by atoms with Crippen molar-refractivity contribution < 1.29 is 14.3 Å². The molecule has 2 amide bonds. The third kappa shape index (κ3) is 4.18. The number of rotatable bonds is 6. The van der Waals surface area contributed by atoms with E-state index in [-0.39, 0.29) is 17.9 Å². The molecule has 0 bridgehead atoms. The molecule has 0 aromatic carbocycles. The summed E-state index contributed by atoms with van der Waals surface area (Å²) >= 11 is 1.47. The lowest BCUT2D eigenvalue weighted by Gasteiger charge is -2.07. The lowest BCUT2D eigenvalue weighted by atomic mass is 10.2. The Balaban J connectivity index is 1.42. The van der Waals surface area contributed by atoms with Crippen LogP contribution in [0.1, 0.15) is 43.9 Å².